The number of aromatic nitrogens is 4. The Labute approximate surface area is 149 Å². The van der Waals surface area contributed by atoms with Crippen LogP contribution in [0, 0.1) is 0 Å². The smallest absolute Gasteiger partial charge is 0.332 e. The van der Waals surface area contributed by atoms with E-state index in [1.165, 1.54) is 17.9 Å². The highest BCUT2D eigenvalue weighted by Gasteiger charge is 2.11. The average Bonchev–Trinajstić information content (AvgIpc) is 3.01. The summed E-state index contributed by atoms with van der Waals surface area (Å²) in [5, 5.41) is 21.4. The predicted octanol–water partition coefficient (Wildman–Crippen LogP) is -0.384. The lowest BCUT2D eigenvalue weighted by Crippen LogP contribution is -2.37. The number of hydrogen-bond acceptors (Lipinski definition) is 6. The van der Waals surface area contributed by atoms with Gasteiger partial charge in [-0.2, -0.15) is 0 Å². The highest BCUT2D eigenvalue weighted by Crippen LogP contribution is 2.17. The molecule has 0 fully saturated rings. The minimum absolute atomic E-state index is 0.183. The minimum atomic E-state index is -0.554. The summed E-state index contributed by atoms with van der Waals surface area (Å²) in [6.07, 6.45) is 0.966. The Morgan fingerprint density at radius 2 is 1.88 bits per heavy atom. The summed E-state index contributed by atoms with van der Waals surface area (Å²) in [5.41, 5.74) is 0.906. The molecule has 0 amide bonds. The lowest BCUT2D eigenvalue weighted by molar-refractivity contribution is 0.177. The highest BCUT2D eigenvalue weighted by molar-refractivity contribution is 5.69. The molecule has 2 heterocycles. The molecule has 0 unspecified atom stereocenters. The zero-order valence-corrected chi connectivity index (χ0v) is 15.2. The van der Waals surface area contributed by atoms with Gasteiger partial charge in [0.2, 0.25) is 0 Å². The third-order valence-electron chi connectivity index (χ3n) is 3.97. The van der Waals surface area contributed by atoms with Crippen molar-refractivity contribution in [2.45, 2.75) is 6.10 Å². The van der Waals surface area contributed by atoms with E-state index in [1.807, 2.05) is 0 Å². The summed E-state index contributed by atoms with van der Waals surface area (Å²) in [5.74, 6) is 0.183. The molecular weight excluding hydrogens is 338 g/mol. The van der Waals surface area contributed by atoms with Crippen molar-refractivity contribution >= 4 is 11.2 Å². The number of imidazole rings is 1. The zero-order valence-electron chi connectivity index (χ0n) is 15.2. The van der Waals surface area contributed by atoms with Crippen LogP contribution in [-0.2, 0) is 21.1 Å². The number of fused-ring (bicyclic) bond motifs is 1. The van der Waals surface area contributed by atoms with Gasteiger partial charge in [-0.05, 0) is 24.7 Å². The van der Waals surface area contributed by atoms with Crippen LogP contribution in [0.25, 0.3) is 11.2 Å². The molecule has 0 radical (unpaired) electrons. The number of hydrogen-bond donors (Lipinski definition) is 3. The van der Waals surface area contributed by atoms with Gasteiger partial charge in [-0.1, -0.05) is 12.1 Å². The van der Waals surface area contributed by atoms with E-state index in [0.717, 1.165) is 10.1 Å². The molecule has 2 aromatic heterocycles. The summed E-state index contributed by atoms with van der Waals surface area (Å²) in [6.45, 7) is 0.490. The number of aliphatic hydroxyl groups is 1. The summed E-state index contributed by atoms with van der Waals surface area (Å²) in [6, 6.07) is 6.63. The Hall–Kier alpha value is -2.91. The van der Waals surface area contributed by atoms with Crippen molar-refractivity contribution in [2.75, 3.05) is 13.6 Å². The fraction of sp³-hybridized carbons (Fsp3) is 0.353. The molecule has 3 aromatic rings. The number of nitrogens with one attached hydrogen (secondary N) is 1. The lowest BCUT2D eigenvalue weighted by atomic mass is 10.1. The summed E-state index contributed by atoms with van der Waals surface area (Å²) in [4.78, 5) is 27.2. The number of aryl methyl sites for hydroxylation is 2. The van der Waals surface area contributed by atoms with Crippen molar-refractivity contribution < 1.29 is 10.2 Å². The molecule has 26 heavy (non-hydrogen) atoms. The second-order valence-corrected chi connectivity index (χ2v) is 5.90. The quantitative estimate of drug-likeness (QED) is 0.586. The number of nitrogens with zero attached hydrogens (tertiary/aromatic N) is 4. The Morgan fingerprint density at radius 1 is 1.19 bits per heavy atom. The molecule has 9 heteroatoms. The van der Waals surface area contributed by atoms with Crippen LogP contribution in [0.2, 0.25) is 0 Å². The first-order valence-corrected chi connectivity index (χ1v) is 7.96. The topological polar surface area (TPSA) is 114 Å². The zero-order chi connectivity index (χ0) is 19.4. The van der Waals surface area contributed by atoms with Gasteiger partial charge in [0.1, 0.15) is 5.75 Å². The fourth-order valence-electron chi connectivity index (χ4n) is 2.51. The summed E-state index contributed by atoms with van der Waals surface area (Å²) in [7, 11) is 6.54. The average molecular weight is 361 g/mol. The number of aliphatic hydroxyl groups excluding tert-OH is 1. The maximum absolute atomic E-state index is 11.7. The van der Waals surface area contributed by atoms with Crippen LogP contribution >= 0.6 is 0 Å². The molecule has 1 aromatic carbocycles. The molecule has 1 atom stereocenters. The van der Waals surface area contributed by atoms with E-state index in [0.29, 0.717) is 17.7 Å². The molecule has 0 saturated carbocycles. The molecule has 0 spiro atoms. The SMILES string of the molecule is CNC[C@H](O)c1cccc(O)c1.Cn1c(=O)c2c(ncn2C)n(C)c1=O. The highest BCUT2D eigenvalue weighted by atomic mass is 16.3. The Kier molecular flexibility index (Phi) is 5.96. The number of phenolic OH excluding ortho intramolecular Hbond substituents is 1. The van der Waals surface area contributed by atoms with E-state index in [9.17, 15) is 14.7 Å². The van der Waals surface area contributed by atoms with E-state index < -0.39 is 6.10 Å². The van der Waals surface area contributed by atoms with Gasteiger partial charge < -0.3 is 20.1 Å². The molecule has 0 aliphatic heterocycles. The summed E-state index contributed by atoms with van der Waals surface area (Å²) < 4.78 is 4.04. The Bertz CT molecular complexity index is 1020. The van der Waals surface area contributed by atoms with E-state index in [1.54, 1.807) is 50.0 Å². The third kappa shape index (κ3) is 3.84. The summed E-state index contributed by atoms with van der Waals surface area (Å²) >= 11 is 0. The van der Waals surface area contributed by atoms with Crippen molar-refractivity contribution in [3.8, 4) is 5.75 Å². The van der Waals surface area contributed by atoms with Gasteiger partial charge in [0, 0.05) is 27.7 Å². The Morgan fingerprint density at radius 3 is 2.50 bits per heavy atom. The van der Waals surface area contributed by atoms with Crippen molar-refractivity contribution in [1.29, 1.82) is 0 Å². The van der Waals surface area contributed by atoms with E-state index in [4.69, 9.17) is 5.11 Å². The van der Waals surface area contributed by atoms with Crippen LogP contribution in [0.1, 0.15) is 11.7 Å². The van der Waals surface area contributed by atoms with E-state index in [2.05, 4.69) is 10.3 Å². The van der Waals surface area contributed by atoms with Gasteiger partial charge >= 0.3 is 5.69 Å². The molecule has 0 bridgehead atoms. The number of rotatable bonds is 3. The normalized spacial score (nSPS) is 11.9. The van der Waals surface area contributed by atoms with Gasteiger partial charge in [0.05, 0.1) is 12.4 Å². The number of benzene rings is 1. The van der Waals surface area contributed by atoms with Crippen molar-refractivity contribution in [2.24, 2.45) is 21.1 Å². The fourth-order valence-corrected chi connectivity index (χ4v) is 2.51. The monoisotopic (exact) mass is 361 g/mol. The standard InChI is InChI=1S/C9H13NO2.C8H10N4O2/c1-10-6-9(12)7-3-2-4-8(11)5-7;1-10-4-9-6-5(10)7(13)12(3)8(14)11(6)2/h2-5,9-12H,6H2,1H3;4H,1-3H3/t9-;/m0./s1. The van der Waals surface area contributed by atoms with E-state index >= 15 is 0 Å². The van der Waals surface area contributed by atoms with Crippen LogP contribution in [0.5, 0.6) is 5.75 Å². The largest absolute Gasteiger partial charge is 0.508 e. The van der Waals surface area contributed by atoms with E-state index in [-0.39, 0.29) is 17.0 Å². The van der Waals surface area contributed by atoms with Gasteiger partial charge in [-0.25, -0.2) is 9.78 Å². The number of likely N-dealkylation sites (N-methyl/N-ethyl adjacent to an activating group) is 1. The molecule has 0 aliphatic carbocycles. The minimum Gasteiger partial charge on any atom is -0.508 e. The second-order valence-electron chi connectivity index (χ2n) is 5.90. The van der Waals surface area contributed by atoms with Crippen LogP contribution in [0.4, 0.5) is 0 Å². The first kappa shape index (κ1) is 19.4. The van der Waals surface area contributed by atoms with Crippen LogP contribution in [0.15, 0.2) is 40.2 Å². The molecular formula is C17H23N5O4. The first-order chi connectivity index (χ1) is 12.3. The lowest BCUT2D eigenvalue weighted by Gasteiger charge is -2.09. The maximum Gasteiger partial charge on any atom is 0.332 e. The van der Waals surface area contributed by atoms with Gasteiger partial charge in [-0.15, -0.1) is 0 Å². The van der Waals surface area contributed by atoms with Gasteiger partial charge in [0.25, 0.3) is 5.56 Å². The maximum atomic E-state index is 11.7. The Balaban J connectivity index is 0.000000190. The number of phenols is 1. The third-order valence-corrected chi connectivity index (χ3v) is 3.97. The van der Waals surface area contributed by atoms with Crippen LogP contribution < -0.4 is 16.6 Å². The molecule has 0 saturated heterocycles. The molecule has 3 rings (SSSR count). The second kappa shape index (κ2) is 7.98. The van der Waals surface area contributed by atoms with Crippen LogP contribution in [0.3, 0.4) is 0 Å². The molecule has 3 N–H and O–H groups in total. The van der Waals surface area contributed by atoms with Gasteiger partial charge in [-0.3, -0.25) is 13.9 Å². The number of aromatic hydroxyl groups is 1. The molecule has 140 valence electrons. The first-order valence-electron chi connectivity index (χ1n) is 7.96. The van der Waals surface area contributed by atoms with Gasteiger partial charge in [0.15, 0.2) is 11.2 Å². The van der Waals surface area contributed by atoms with Crippen molar-refractivity contribution in [3.63, 3.8) is 0 Å². The molecule has 0 aliphatic rings. The van der Waals surface area contributed by atoms with Crippen molar-refractivity contribution in [3.05, 3.63) is 57.0 Å². The predicted molar refractivity (Wildman–Crippen MR) is 98.2 cm³/mol. The molecule has 9 nitrogen and oxygen atoms in total. The van der Waals surface area contributed by atoms with Crippen molar-refractivity contribution in [1.82, 2.24) is 24.0 Å². The van der Waals surface area contributed by atoms with Crippen LogP contribution in [-0.4, -0.2) is 42.5 Å².